The Kier molecular flexibility index (Phi) is 6.59. The molecule has 6 N–H and O–H groups in total. The smallest absolute Gasteiger partial charge is 0.240 e. The topological polar surface area (TPSA) is 167 Å². The Bertz CT molecular complexity index is 560. The van der Waals surface area contributed by atoms with Gasteiger partial charge in [0.25, 0.3) is 0 Å². The molecule has 0 saturated carbocycles. The molecule has 0 spiro atoms. The lowest BCUT2D eigenvalue weighted by Crippen LogP contribution is -2.71. The minimum atomic E-state index is -1.52. The zero-order valence-corrected chi connectivity index (χ0v) is 15.8. The molecule has 6 aliphatic heterocycles. The molecule has 11 heteroatoms. The highest BCUT2D eigenvalue weighted by molar-refractivity contribution is 5.71. The molecule has 6 aliphatic rings. The third-order valence-corrected chi connectivity index (χ3v) is 6.02. The van der Waals surface area contributed by atoms with Gasteiger partial charge in [0.2, 0.25) is 5.91 Å². The third kappa shape index (κ3) is 3.66. The summed E-state index contributed by atoms with van der Waals surface area (Å²) >= 11 is 0. The number of hydroxylamine groups is 1. The maximum atomic E-state index is 11.2. The average molecular weight is 407 g/mol. The molecule has 0 aromatic carbocycles. The number of rotatable bonds is 3. The van der Waals surface area contributed by atoms with Crippen LogP contribution in [-0.2, 0) is 23.8 Å². The van der Waals surface area contributed by atoms with Gasteiger partial charge in [0.05, 0.1) is 36.4 Å². The minimum absolute atomic E-state index is 0.124. The molecule has 11 nitrogen and oxygen atoms in total. The predicted octanol–water partition coefficient (Wildman–Crippen LogP) is -2.63. The summed E-state index contributed by atoms with van der Waals surface area (Å²) in [5, 5.41) is 52.7. The number of hydrogen-bond donors (Lipinski definition) is 6. The highest BCUT2D eigenvalue weighted by Crippen LogP contribution is 2.47. The van der Waals surface area contributed by atoms with E-state index in [1.807, 2.05) is 0 Å². The molecule has 1 amide bonds. The maximum Gasteiger partial charge on any atom is 0.240 e. The summed E-state index contributed by atoms with van der Waals surface area (Å²) in [5.41, 5.74) is 0.650. The van der Waals surface area contributed by atoms with Crippen molar-refractivity contribution in [2.75, 3.05) is 13.2 Å². The van der Waals surface area contributed by atoms with Crippen molar-refractivity contribution < 1.29 is 49.4 Å². The van der Waals surface area contributed by atoms with Gasteiger partial charge in [-0.1, -0.05) is 6.92 Å². The first-order valence-corrected chi connectivity index (χ1v) is 9.39. The van der Waals surface area contributed by atoms with Crippen LogP contribution in [0.3, 0.4) is 0 Å². The zero-order valence-electron chi connectivity index (χ0n) is 15.8. The van der Waals surface area contributed by atoms with Crippen LogP contribution in [0.5, 0.6) is 0 Å². The van der Waals surface area contributed by atoms with Gasteiger partial charge in [0.1, 0.15) is 12.2 Å². The van der Waals surface area contributed by atoms with Crippen LogP contribution in [0.4, 0.5) is 0 Å². The van der Waals surface area contributed by atoms with Crippen LogP contribution >= 0.6 is 0 Å². The van der Waals surface area contributed by atoms with Gasteiger partial charge in [0, 0.05) is 19.4 Å². The first-order valence-electron chi connectivity index (χ1n) is 9.39. The van der Waals surface area contributed by atoms with Gasteiger partial charge in [0.15, 0.2) is 12.6 Å². The number of amides is 1. The van der Waals surface area contributed by atoms with Crippen LogP contribution in [0.1, 0.15) is 26.7 Å². The number of hydrogen-bond acceptors (Lipinski definition) is 10. The molecule has 10 atom stereocenters. The number of nitrogens with one attached hydrogen (secondary N) is 1. The maximum absolute atomic E-state index is 11.2. The van der Waals surface area contributed by atoms with E-state index >= 15 is 0 Å². The number of aliphatic hydroxyl groups is 5. The van der Waals surface area contributed by atoms with Crippen LogP contribution in [0.2, 0.25) is 0 Å². The third-order valence-electron chi connectivity index (χ3n) is 6.02. The number of carbonyl (C=O) groups is 1. The normalized spacial score (nSPS) is 49.3. The van der Waals surface area contributed by atoms with E-state index in [-0.39, 0.29) is 6.61 Å². The Morgan fingerprint density at radius 1 is 1.18 bits per heavy atom. The van der Waals surface area contributed by atoms with Crippen molar-refractivity contribution in [2.45, 2.75) is 75.9 Å². The monoisotopic (exact) mass is 407 g/mol. The Morgan fingerprint density at radius 2 is 1.89 bits per heavy atom. The van der Waals surface area contributed by atoms with Crippen LogP contribution in [0.25, 0.3) is 0 Å². The summed E-state index contributed by atoms with van der Waals surface area (Å²) in [5.74, 6) is -1.17. The van der Waals surface area contributed by atoms with Crippen LogP contribution < -0.4 is 5.48 Å². The minimum Gasteiger partial charge on any atom is -0.394 e. The van der Waals surface area contributed by atoms with E-state index in [1.54, 1.807) is 0 Å². The van der Waals surface area contributed by atoms with E-state index in [0.29, 0.717) is 12.8 Å². The van der Waals surface area contributed by atoms with Crippen molar-refractivity contribution in [1.29, 1.82) is 0 Å². The first-order chi connectivity index (χ1) is 13.2. The lowest BCUT2D eigenvalue weighted by molar-refractivity contribution is -0.374. The molecule has 0 aromatic heterocycles. The lowest BCUT2D eigenvalue weighted by Gasteiger charge is -2.56. The van der Waals surface area contributed by atoms with E-state index in [2.05, 4.69) is 5.48 Å². The average Bonchev–Trinajstić information content (AvgIpc) is 2.65. The van der Waals surface area contributed by atoms with Crippen molar-refractivity contribution in [3.8, 4) is 0 Å². The van der Waals surface area contributed by atoms with E-state index in [0.717, 1.165) is 0 Å². The molecule has 6 rings (SSSR count). The van der Waals surface area contributed by atoms with Crippen molar-refractivity contribution >= 4 is 5.91 Å². The van der Waals surface area contributed by atoms with Crippen LogP contribution in [0.15, 0.2) is 0 Å². The summed E-state index contributed by atoms with van der Waals surface area (Å²) in [6.45, 7) is 2.29. The predicted molar refractivity (Wildman–Crippen MR) is 90.1 cm³/mol. The van der Waals surface area contributed by atoms with Crippen LogP contribution in [-0.4, -0.2) is 93.9 Å². The molecule has 0 aromatic rings. The molecular weight excluding hydrogens is 378 g/mol. The largest absolute Gasteiger partial charge is 0.394 e. The Balaban J connectivity index is 2.00. The summed E-state index contributed by atoms with van der Waals surface area (Å²) < 4.78 is 17.1. The molecule has 6 fully saturated rings. The molecule has 1 unspecified atom stereocenters. The van der Waals surface area contributed by atoms with Gasteiger partial charge in [-0.15, -0.1) is 0 Å². The fourth-order valence-electron chi connectivity index (χ4n) is 4.34. The fourth-order valence-corrected chi connectivity index (χ4v) is 4.34. The van der Waals surface area contributed by atoms with Crippen molar-refractivity contribution in [3.05, 3.63) is 0 Å². The fraction of sp³-hybridized carbons (Fsp3) is 0.941. The molecule has 0 radical (unpaired) electrons. The summed E-state index contributed by atoms with van der Waals surface area (Å²) in [4.78, 5) is 16.6. The number of carbonyl (C=O) groups excluding carboxylic acids is 1. The first kappa shape index (κ1) is 21.8. The van der Waals surface area contributed by atoms with Gasteiger partial charge in [-0.3, -0.25) is 4.79 Å². The summed E-state index contributed by atoms with van der Waals surface area (Å²) in [7, 11) is 0. The van der Waals surface area contributed by atoms with Gasteiger partial charge in [-0.2, -0.15) is 0 Å². The van der Waals surface area contributed by atoms with Crippen molar-refractivity contribution in [1.82, 2.24) is 5.48 Å². The number of ether oxygens (including phenoxy) is 3. The SMILES string of the molecule is CC(=O)NO[C@H]1O[C@H]2[C@H](O)[C@@H](O)C1CCCO[C@H]1O[C@H](CO)[C@@]2(C)[C@H](O)[C@H]1O. The molecule has 28 heavy (non-hydrogen) atoms. The highest BCUT2D eigenvalue weighted by atomic mass is 16.8. The van der Waals surface area contributed by atoms with E-state index in [9.17, 15) is 30.3 Å². The Hall–Kier alpha value is -0.890. The molecular formula is C17H29NO10. The van der Waals surface area contributed by atoms with Gasteiger partial charge >= 0.3 is 0 Å². The lowest BCUT2D eigenvalue weighted by atomic mass is 9.66. The molecule has 0 aliphatic carbocycles. The summed E-state index contributed by atoms with van der Waals surface area (Å²) in [6.07, 6.45) is -9.64. The Labute approximate surface area is 162 Å². The Morgan fingerprint density at radius 3 is 2.54 bits per heavy atom. The quantitative estimate of drug-likeness (QED) is 0.272. The zero-order chi connectivity index (χ0) is 20.6. The molecule has 4 bridgehead atoms. The second kappa shape index (κ2) is 8.46. The van der Waals surface area contributed by atoms with Crippen molar-refractivity contribution in [3.63, 3.8) is 0 Å². The van der Waals surface area contributed by atoms with Crippen LogP contribution in [0, 0.1) is 11.3 Å². The van der Waals surface area contributed by atoms with Gasteiger partial charge < -0.3 is 39.7 Å². The molecule has 162 valence electrons. The second-order valence-corrected chi connectivity index (χ2v) is 7.84. The van der Waals surface area contributed by atoms with E-state index in [4.69, 9.17) is 19.0 Å². The van der Waals surface area contributed by atoms with Gasteiger partial charge in [-0.05, 0) is 12.8 Å². The van der Waals surface area contributed by atoms with E-state index in [1.165, 1.54) is 13.8 Å². The second-order valence-electron chi connectivity index (χ2n) is 7.84. The molecule has 6 saturated heterocycles. The van der Waals surface area contributed by atoms with E-state index < -0.39 is 73.1 Å². The standard InChI is InChI=1S/C17H29NO10/c1-7(20)18-28-15-8-4-3-5-25-16-12(23)13(24)17(2,9(6-19)26-16)14(27-15)11(22)10(8)21/h8-16,19,21-24H,3-6H2,1-2H3,(H,18,20)/t8?,9-,10+,11-,12-,13-,14+,15-,16+,17+/m1/s1. The van der Waals surface area contributed by atoms with Crippen molar-refractivity contribution in [2.24, 2.45) is 11.3 Å². The molecule has 6 heterocycles. The highest BCUT2D eigenvalue weighted by Gasteiger charge is 2.62. The van der Waals surface area contributed by atoms with Gasteiger partial charge in [-0.25, -0.2) is 10.3 Å². The number of aliphatic hydroxyl groups excluding tert-OH is 5. The summed E-state index contributed by atoms with van der Waals surface area (Å²) in [6, 6.07) is 0.